The number of hydrogen-bond acceptors (Lipinski definition) is 10. The molecule has 0 radical (unpaired) electrons. The van der Waals surface area contributed by atoms with E-state index in [-0.39, 0.29) is 73.1 Å². The first-order chi connectivity index (χ1) is 29.9. The molecule has 0 spiro atoms. The SMILES string of the molecule is C[C@@H]1CNC(=O)c2cc3ccc(C(=O)Cc4cnn(Cc5ccc(N)cc5)c4)nc3n21.C[C@@H]1CNC(=O)c2cc3ccc(C(=O)Cc4cnn(Cc5ccc(N)cc5)c4)nc3n21.Cl.Cl. The fourth-order valence-corrected chi connectivity index (χ4v) is 7.93. The van der Waals surface area contributed by atoms with Crippen LogP contribution < -0.4 is 22.1 Å². The van der Waals surface area contributed by atoms with E-state index in [1.165, 1.54) is 0 Å². The van der Waals surface area contributed by atoms with Gasteiger partial charge in [-0.2, -0.15) is 10.2 Å². The minimum Gasteiger partial charge on any atom is -0.399 e. The molecule has 0 bridgehead atoms. The molecular formula is C46H46Cl2N12O4. The van der Waals surface area contributed by atoms with E-state index in [4.69, 9.17) is 11.5 Å². The number of rotatable bonds is 10. The summed E-state index contributed by atoms with van der Waals surface area (Å²) in [6, 6.07) is 26.2. The van der Waals surface area contributed by atoms with Crippen molar-refractivity contribution in [1.29, 1.82) is 0 Å². The summed E-state index contributed by atoms with van der Waals surface area (Å²) in [7, 11) is 0. The number of nitrogens with one attached hydrogen (secondary N) is 2. The van der Waals surface area contributed by atoms with E-state index in [9.17, 15) is 19.2 Å². The monoisotopic (exact) mass is 900 g/mol. The number of pyridine rings is 2. The Morgan fingerprint density at radius 3 is 1.38 bits per heavy atom. The summed E-state index contributed by atoms with van der Waals surface area (Å²) in [4.78, 5) is 59.3. The number of aromatic nitrogens is 8. The first kappa shape index (κ1) is 44.7. The minimum atomic E-state index is -0.113. The Morgan fingerprint density at radius 2 is 0.984 bits per heavy atom. The molecule has 0 saturated carbocycles. The second-order valence-electron chi connectivity index (χ2n) is 15.9. The number of Topliss-reactive ketones (excluding diaryl/α,β-unsaturated/α-hetero) is 2. The van der Waals surface area contributed by atoms with E-state index in [0.29, 0.717) is 60.2 Å². The minimum absolute atomic E-state index is 0. The molecule has 8 heterocycles. The Bertz CT molecular complexity index is 2820. The largest absolute Gasteiger partial charge is 0.399 e. The molecule has 2 amide bonds. The number of hydrogen-bond donors (Lipinski definition) is 4. The van der Waals surface area contributed by atoms with E-state index < -0.39 is 0 Å². The normalized spacial score (nSPS) is 15.2. The summed E-state index contributed by atoms with van der Waals surface area (Å²) in [5.41, 5.74) is 20.0. The van der Waals surface area contributed by atoms with Crippen molar-refractivity contribution >= 4 is 81.6 Å². The molecule has 6 N–H and O–H groups in total. The third-order valence-corrected chi connectivity index (χ3v) is 11.2. The number of ketones is 2. The van der Waals surface area contributed by atoms with Crippen molar-refractivity contribution in [2.24, 2.45) is 0 Å². The van der Waals surface area contributed by atoms with Crippen LogP contribution in [-0.2, 0) is 25.9 Å². The number of nitrogens with zero attached hydrogens (tertiary/aromatic N) is 8. The average molecular weight is 902 g/mol. The van der Waals surface area contributed by atoms with Crippen molar-refractivity contribution in [1.82, 2.24) is 49.3 Å². The zero-order chi connectivity index (χ0) is 43.1. The number of carbonyl (C=O) groups is 4. The molecule has 0 saturated heterocycles. The van der Waals surface area contributed by atoms with Crippen LogP contribution in [0.2, 0.25) is 0 Å². The summed E-state index contributed by atoms with van der Waals surface area (Å²) in [6.07, 6.45) is 7.59. The quantitative estimate of drug-likeness (QED) is 0.0924. The van der Waals surface area contributed by atoms with E-state index in [1.54, 1.807) is 33.9 Å². The zero-order valence-corrected chi connectivity index (χ0v) is 36.6. The number of anilines is 2. The third-order valence-electron chi connectivity index (χ3n) is 11.2. The molecule has 6 aromatic heterocycles. The molecule has 2 aliphatic heterocycles. The molecule has 8 aromatic rings. The Morgan fingerprint density at radius 1 is 0.594 bits per heavy atom. The molecule has 0 aliphatic carbocycles. The summed E-state index contributed by atoms with van der Waals surface area (Å²) in [5, 5.41) is 16.2. The van der Waals surface area contributed by atoms with Gasteiger partial charge in [0.25, 0.3) is 11.8 Å². The van der Waals surface area contributed by atoms with Crippen molar-refractivity contribution < 1.29 is 19.2 Å². The van der Waals surface area contributed by atoms with Crippen LogP contribution in [0.1, 0.15) is 90.1 Å². The summed E-state index contributed by atoms with van der Waals surface area (Å²) in [6.45, 7) is 6.34. The maximum atomic E-state index is 12.9. The number of nitrogen functional groups attached to an aromatic ring is 2. The van der Waals surface area contributed by atoms with Crippen LogP contribution >= 0.6 is 24.8 Å². The van der Waals surface area contributed by atoms with Gasteiger partial charge in [-0.25, -0.2) is 9.97 Å². The number of halogens is 2. The topological polar surface area (TPSA) is 216 Å². The van der Waals surface area contributed by atoms with Crippen LogP contribution in [0.15, 0.2) is 110 Å². The number of fused-ring (bicyclic) bond motifs is 6. The fourth-order valence-electron chi connectivity index (χ4n) is 7.93. The predicted molar refractivity (Wildman–Crippen MR) is 248 cm³/mol. The molecule has 18 heteroatoms. The highest BCUT2D eigenvalue weighted by Crippen LogP contribution is 2.27. The van der Waals surface area contributed by atoms with Crippen LogP contribution in [0.25, 0.3) is 22.1 Å². The van der Waals surface area contributed by atoms with Gasteiger partial charge >= 0.3 is 0 Å². The van der Waals surface area contributed by atoms with E-state index in [1.807, 2.05) is 108 Å². The Hall–Kier alpha value is -7.30. The van der Waals surface area contributed by atoms with E-state index in [0.717, 1.165) is 44.4 Å². The molecule has 2 atom stereocenters. The lowest BCUT2D eigenvalue weighted by atomic mass is 10.1. The van der Waals surface area contributed by atoms with Gasteiger partial charge in [0.15, 0.2) is 11.6 Å². The highest BCUT2D eigenvalue weighted by atomic mass is 35.5. The molecule has 0 fully saturated rings. The van der Waals surface area contributed by atoms with Gasteiger partial charge in [0, 0.05) is 60.5 Å². The lowest BCUT2D eigenvalue weighted by molar-refractivity contribution is 0.0911. The highest BCUT2D eigenvalue weighted by Gasteiger charge is 2.27. The molecule has 10 rings (SSSR count). The first-order valence-corrected chi connectivity index (χ1v) is 20.3. The number of benzene rings is 2. The van der Waals surface area contributed by atoms with E-state index in [2.05, 4.69) is 30.8 Å². The van der Waals surface area contributed by atoms with Crippen LogP contribution in [0.3, 0.4) is 0 Å². The summed E-state index contributed by atoms with van der Waals surface area (Å²) < 4.78 is 7.42. The van der Waals surface area contributed by atoms with Crippen molar-refractivity contribution in [2.75, 3.05) is 24.6 Å². The summed E-state index contributed by atoms with van der Waals surface area (Å²) >= 11 is 0. The molecule has 2 aromatic carbocycles. The predicted octanol–water partition coefficient (Wildman–Crippen LogP) is 6.03. The fraction of sp³-hybridized carbons (Fsp3) is 0.217. The van der Waals surface area contributed by atoms with Crippen molar-refractivity contribution in [2.45, 2.75) is 51.9 Å². The molecule has 16 nitrogen and oxygen atoms in total. The van der Waals surface area contributed by atoms with Crippen LogP contribution in [0.5, 0.6) is 0 Å². The molecule has 2 aliphatic rings. The second-order valence-corrected chi connectivity index (χ2v) is 15.9. The van der Waals surface area contributed by atoms with E-state index >= 15 is 0 Å². The Labute approximate surface area is 379 Å². The lowest BCUT2D eigenvalue weighted by Crippen LogP contribution is -2.37. The zero-order valence-electron chi connectivity index (χ0n) is 35.0. The maximum absolute atomic E-state index is 12.9. The van der Waals surface area contributed by atoms with Crippen molar-refractivity contribution in [3.8, 4) is 0 Å². The highest BCUT2D eigenvalue weighted by molar-refractivity contribution is 6.02. The molecule has 328 valence electrons. The third kappa shape index (κ3) is 9.23. The Balaban J connectivity index is 0.000000186. The van der Waals surface area contributed by atoms with Crippen LogP contribution in [-0.4, -0.2) is 75.1 Å². The van der Waals surface area contributed by atoms with Gasteiger partial charge in [0.05, 0.1) is 37.6 Å². The average Bonchev–Trinajstić information content (AvgIpc) is 4.08. The molecule has 64 heavy (non-hydrogen) atoms. The first-order valence-electron chi connectivity index (χ1n) is 20.3. The second kappa shape index (κ2) is 18.6. The molecule has 0 unspecified atom stereocenters. The summed E-state index contributed by atoms with van der Waals surface area (Å²) in [5.74, 6) is -0.398. The Kier molecular flexibility index (Phi) is 13.0. The van der Waals surface area contributed by atoms with Gasteiger partial charge in [-0.05, 0) is 96.8 Å². The van der Waals surface area contributed by atoms with Gasteiger partial charge in [-0.1, -0.05) is 24.3 Å². The van der Waals surface area contributed by atoms with Crippen molar-refractivity contribution in [3.05, 3.63) is 155 Å². The van der Waals surface area contributed by atoms with Crippen LogP contribution in [0.4, 0.5) is 11.4 Å². The van der Waals surface area contributed by atoms with Gasteiger partial charge in [0.2, 0.25) is 0 Å². The number of amides is 2. The standard InChI is InChI=1S/2C23H22N6O2.2ClH/c2*1-14-10-25-23(31)20-9-17-4-7-19(27-22(17)29(14)20)21(30)8-16-11-26-28(13-16)12-15-2-5-18(24)6-3-15;;/h2*2-7,9,11,13-14H,8,10,12,24H2,1H3,(H,25,31);2*1H/t2*14-;;/m11../s1. The van der Waals surface area contributed by atoms with Gasteiger partial charge in [-0.3, -0.25) is 28.5 Å². The number of nitrogens with two attached hydrogens (primary N) is 2. The van der Waals surface area contributed by atoms with Crippen molar-refractivity contribution in [3.63, 3.8) is 0 Å². The number of carbonyl (C=O) groups excluding carboxylic acids is 4. The maximum Gasteiger partial charge on any atom is 0.268 e. The lowest BCUT2D eigenvalue weighted by Gasteiger charge is -2.23. The van der Waals surface area contributed by atoms with Gasteiger partial charge in [-0.15, -0.1) is 24.8 Å². The molecular weight excluding hydrogens is 855 g/mol. The van der Waals surface area contributed by atoms with Gasteiger partial charge in [0.1, 0.15) is 34.1 Å². The van der Waals surface area contributed by atoms with Crippen LogP contribution in [0, 0.1) is 0 Å². The smallest absolute Gasteiger partial charge is 0.268 e. The van der Waals surface area contributed by atoms with Gasteiger partial charge < -0.3 is 31.2 Å².